The fourth-order valence-corrected chi connectivity index (χ4v) is 3.66. The minimum absolute atomic E-state index is 0.144. The number of aromatic amines is 1. The molecule has 9 nitrogen and oxygen atoms in total. The number of carbonyl (C=O) groups is 2. The highest BCUT2D eigenvalue weighted by molar-refractivity contribution is 5.73. The molecular formula is C26H30F6N4O5. The van der Waals surface area contributed by atoms with Gasteiger partial charge in [0.25, 0.3) is 5.56 Å². The zero-order valence-electron chi connectivity index (χ0n) is 21.9. The second-order valence-electron chi connectivity index (χ2n) is 8.69. The van der Waals surface area contributed by atoms with Crippen molar-refractivity contribution in [2.75, 3.05) is 6.54 Å². The number of carboxylic acid groups (broad SMARTS) is 2. The molecule has 0 fully saturated rings. The molecule has 3 rings (SSSR count). The Hall–Kier alpha value is -3.98. The van der Waals surface area contributed by atoms with Crippen molar-refractivity contribution in [1.82, 2.24) is 14.9 Å². The highest BCUT2D eigenvalue weighted by atomic mass is 19.4. The van der Waals surface area contributed by atoms with Crippen molar-refractivity contribution in [1.29, 1.82) is 0 Å². The molecule has 1 aliphatic rings. The summed E-state index contributed by atoms with van der Waals surface area (Å²) in [5, 5.41) is 14.2. The number of nitrogens with one attached hydrogen (secondary N) is 1. The third kappa shape index (κ3) is 12.4. The number of aliphatic carboxylic acids is 2. The Morgan fingerprint density at radius 3 is 2.24 bits per heavy atom. The van der Waals surface area contributed by atoms with Crippen LogP contribution in [0.3, 0.4) is 0 Å². The molecular weight excluding hydrogens is 562 g/mol. The lowest BCUT2D eigenvalue weighted by molar-refractivity contribution is -0.193. The maximum atomic E-state index is 12.0. The predicted octanol–water partition coefficient (Wildman–Crippen LogP) is 4.30. The fourth-order valence-electron chi connectivity index (χ4n) is 3.66. The highest BCUT2D eigenvalue weighted by Gasteiger charge is 2.38. The SMILES string of the molecule is C=CC[C@@H]1CC=C[C@@H](C)N1Cc1cccc(-c2nc(CCN)cc(=O)[nH]2)c1.O=C(O)C(F)(F)F.O=C(O)C(F)(F)F. The molecule has 1 aliphatic heterocycles. The van der Waals surface area contributed by atoms with E-state index >= 15 is 0 Å². The summed E-state index contributed by atoms with van der Waals surface area (Å²) < 4.78 is 63.5. The van der Waals surface area contributed by atoms with Crippen LogP contribution in [0.1, 0.15) is 31.0 Å². The summed E-state index contributed by atoms with van der Waals surface area (Å²) in [4.78, 5) is 39.7. The number of alkyl halides is 6. The molecule has 0 saturated carbocycles. The van der Waals surface area contributed by atoms with Crippen LogP contribution < -0.4 is 11.3 Å². The van der Waals surface area contributed by atoms with E-state index in [0.717, 1.165) is 30.6 Å². The lowest BCUT2D eigenvalue weighted by Gasteiger charge is -2.37. The third-order valence-electron chi connectivity index (χ3n) is 5.50. The van der Waals surface area contributed by atoms with Gasteiger partial charge in [-0.05, 0) is 37.9 Å². The summed E-state index contributed by atoms with van der Waals surface area (Å²) in [6.07, 6.45) is -1.02. The Labute approximate surface area is 231 Å². The van der Waals surface area contributed by atoms with E-state index < -0.39 is 24.3 Å². The normalized spacial score (nSPS) is 17.0. The number of nitrogens with zero attached hydrogens (tertiary/aromatic N) is 2. The van der Waals surface area contributed by atoms with Crippen molar-refractivity contribution >= 4 is 11.9 Å². The van der Waals surface area contributed by atoms with Crippen LogP contribution in [0, 0.1) is 0 Å². The van der Waals surface area contributed by atoms with Gasteiger partial charge >= 0.3 is 24.3 Å². The first-order valence-electron chi connectivity index (χ1n) is 12.0. The maximum absolute atomic E-state index is 12.0. The van der Waals surface area contributed by atoms with Gasteiger partial charge in [-0.3, -0.25) is 9.69 Å². The van der Waals surface area contributed by atoms with E-state index in [9.17, 15) is 31.1 Å². The van der Waals surface area contributed by atoms with Gasteiger partial charge in [-0.25, -0.2) is 14.6 Å². The number of hydrogen-bond acceptors (Lipinski definition) is 6. The second kappa shape index (κ2) is 15.7. The smallest absolute Gasteiger partial charge is 0.475 e. The van der Waals surface area contributed by atoms with Crippen LogP contribution in [-0.4, -0.2) is 68.0 Å². The summed E-state index contributed by atoms with van der Waals surface area (Å²) in [6, 6.07) is 10.6. The standard InChI is InChI=1S/C22H28N4O.2C2HF3O2/c1-3-6-20-10-4-7-16(2)26(20)15-17-8-5-9-18(13-17)22-24-19(11-12-23)14-21(27)25-22;2*3-2(4,5)1(6)7/h3-5,7-9,13-14,16,20H,1,6,10-12,15,23H2,2H3,(H,24,25,27);2*(H,6,7)/t16-,20-;;/m1../s1. The number of carboxylic acids is 2. The van der Waals surface area contributed by atoms with Crippen LogP contribution in [0.4, 0.5) is 26.3 Å². The van der Waals surface area contributed by atoms with Crippen LogP contribution >= 0.6 is 0 Å². The Kier molecular flexibility index (Phi) is 13.4. The van der Waals surface area contributed by atoms with E-state index in [1.54, 1.807) is 0 Å². The molecule has 0 bridgehead atoms. The van der Waals surface area contributed by atoms with E-state index in [2.05, 4.69) is 52.7 Å². The molecule has 0 amide bonds. The van der Waals surface area contributed by atoms with Gasteiger partial charge < -0.3 is 20.9 Å². The second-order valence-corrected chi connectivity index (χ2v) is 8.69. The molecule has 2 heterocycles. The van der Waals surface area contributed by atoms with E-state index in [4.69, 9.17) is 25.5 Å². The molecule has 2 aromatic rings. The first-order chi connectivity index (χ1) is 19.0. The Morgan fingerprint density at radius 2 is 1.73 bits per heavy atom. The van der Waals surface area contributed by atoms with Crippen molar-refractivity contribution < 1.29 is 46.1 Å². The van der Waals surface area contributed by atoms with E-state index in [1.807, 2.05) is 18.2 Å². The summed E-state index contributed by atoms with van der Waals surface area (Å²) in [7, 11) is 0. The summed E-state index contributed by atoms with van der Waals surface area (Å²) in [5.74, 6) is -4.91. The van der Waals surface area contributed by atoms with Gasteiger partial charge in [0, 0.05) is 42.4 Å². The number of benzene rings is 1. The van der Waals surface area contributed by atoms with Crippen LogP contribution in [-0.2, 0) is 22.6 Å². The molecule has 226 valence electrons. The number of H-pyrrole nitrogens is 1. The van der Waals surface area contributed by atoms with Crippen LogP contribution in [0.5, 0.6) is 0 Å². The first-order valence-corrected chi connectivity index (χ1v) is 12.0. The van der Waals surface area contributed by atoms with Gasteiger partial charge in [0.05, 0.1) is 0 Å². The quantitative estimate of drug-likeness (QED) is 0.275. The van der Waals surface area contributed by atoms with Crippen LogP contribution in [0.2, 0.25) is 0 Å². The molecule has 0 aliphatic carbocycles. The number of hydrogen-bond donors (Lipinski definition) is 4. The lowest BCUT2D eigenvalue weighted by atomic mass is 9.99. The van der Waals surface area contributed by atoms with Crippen molar-refractivity contribution in [3.05, 3.63) is 76.8 Å². The molecule has 5 N–H and O–H groups in total. The first kappa shape index (κ1) is 35.0. The number of nitrogens with two attached hydrogens (primary N) is 1. The highest BCUT2D eigenvalue weighted by Crippen LogP contribution is 2.24. The molecule has 1 aromatic carbocycles. The lowest BCUT2D eigenvalue weighted by Crippen LogP contribution is -2.42. The van der Waals surface area contributed by atoms with Crippen molar-refractivity contribution in [2.24, 2.45) is 5.73 Å². The Morgan fingerprint density at radius 1 is 1.15 bits per heavy atom. The fraction of sp³-hybridized carbons (Fsp3) is 0.385. The number of halogens is 6. The summed E-state index contributed by atoms with van der Waals surface area (Å²) in [6.45, 7) is 7.46. The number of aromatic nitrogens is 2. The van der Waals surface area contributed by atoms with Gasteiger partial charge in [-0.2, -0.15) is 26.3 Å². The monoisotopic (exact) mass is 592 g/mol. The number of rotatable bonds is 7. The molecule has 0 unspecified atom stereocenters. The van der Waals surface area contributed by atoms with Gasteiger partial charge in [-0.15, -0.1) is 6.58 Å². The van der Waals surface area contributed by atoms with Gasteiger partial charge in [0.2, 0.25) is 0 Å². The van der Waals surface area contributed by atoms with E-state index in [0.29, 0.717) is 30.9 Å². The largest absolute Gasteiger partial charge is 0.490 e. The molecule has 41 heavy (non-hydrogen) atoms. The van der Waals surface area contributed by atoms with Gasteiger partial charge in [0.15, 0.2) is 0 Å². The zero-order chi connectivity index (χ0) is 31.4. The van der Waals surface area contributed by atoms with Gasteiger partial charge in [-0.1, -0.05) is 36.4 Å². The minimum Gasteiger partial charge on any atom is -0.475 e. The zero-order valence-corrected chi connectivity index (χ0v) is 21.9. The van der Waals surface area contributed by atoms with E-state index in [1.165, 1.54) is 11.6 Å². The minimum atomic E-state index is -5.08. The van der Waals surface area contributed by atoms with Crippen molar-refractivity contribution in [3.63, 3.8) is 0 Å². The Balaban J connectivity index is 0.000000497. The maximum Gasteiger partial charge on any atom is 0.490 e. The molecule has 0 saturated heterocycles. The molecule has 15 heteroatoms. The van der Waals surface area contributed by atoms with E-state index in [-0.39, 0.29) is 5.56 Å². The molecule has 0 radical (unpaired) electrons. The average Bonchev–Trinajstić information content (AvgIpc) is 2.86. The van der Waals surface area contributed by atoms with Crippen LogP contribution in [0.25, 0.3) is 11.4 Å². The summed E-state index contributed by atoms with van der Waals surface area (Å²) >= 11 is 0. The molecule has 1 aromatic heterocycles. The Bertz CT molecular complexity index is 1240. The van der Waals surface area contributed by atoms with Crippen LogP contribution in [0.15, 0.2) is 59.9 Å². The topological polar surface area (TPSA) is 150 Å². The van der Waals surface area contributed by atoms with Gasteiger partial charge in [0.1, 0.15) is 5.82 Å². The summed E-state index contributed by atoms with van der Waals surface area (Å²) in [5.41, 5.74) is 8.31. The molecule has 0 spiro atoms. The molecule has 2 atom stereocenters. The third-order valence-corrected chi connectivity index (χ3v) is 5.50. The predicted molar refractivity (Wildman–Crippen MR) is 138 cm³/mol. The van der Waals surface area contributed by atoms with Crippen molar-refractivity contribution in [2.45, 2.75) is 57.2 Å². The van der Waals surface area contributed by atoms with Crippen molar-refractivity contribution in [3.8, 4) is 11.4 Å². The average molecular weight is 593 g/mol.